The van der Waals surface area contributed by atoms with Crippen molar-refractivity contribution in [3.63, 3.8) is 0 Å². The number of aromatic nitrogens is 1. The smallest absolute Gasteiger partial charge is 0.254 e. The van der Waals surface area contributed by atoms with Crippen molar-refractivity contribution in [2.24, 2.45) is 5.92 Å². The van der Waals surface area contributed by atoms with E-state index in [1.807, 2.05) is 18.3 Å². The van der Waals surface area contributed by atoms with Crippen LogP contribution in [0.25, 0.3) is 0 Å². The zero-order valence-electron chi connectivity index (χ0n) is 14.5. The Morgan fingerprint density at radius 3 is 2.80 bits per heavy atom. The molecule has 6 heteroatoms. The molecule has 1 aromatic heterocycles. The van der Waals surface area contributed by atoms with E-state index in [2.05, 4.69) is 4.57 Å². The van der Waals surface area contributed by atoms with Gasteiger partial charge in [0.1, 0.15) is 0 Å². The highest BCUT2D eigenvalue weighted by molar-refractivity contribution is 5.95. The van der Waals surface area contributed by atoms with Gasteiger partial charge in [0.25, 0.3) is 5.91 Å². The van der Waals surface area contributed by atoms with Crippen LogP contribution in [0.3, 0.4) is 0 Å². The number of halogens is 2. The second-order valence-electron chi connectivity index (χ2n) is 6.57. The van der Waals surface area contributed by atoms with Crippen molar-refractivity contribution in [2.75, 3.05) is 20.3 Å². The molecule has 1 amide bonds. The monoisotopic (exact) mass is 348 g/mol. The van der Waals surface area contributed by atoms with Crippen molar-refractivity contribution in [2.45, 2.75) is 26.4 Å². The van der Waals surface area contributed by atoms with Crippen LogP contribution in [0.2, 0.25) is 0 Å². The SMILES string of the molecule is COCC[C@H]1CN(C(=O)c2cc(F)c(F)cc2C)Cc2cccn2C1. The van der Waals surface area contributed by atoms with E-state index in [4.69, 9.17) is 4.74 Å². The quantitative estimate of drug-likeness (QED) is 0.849. The molecule has 0 radical (unpaired) electrons. The second-order valence-corrected chi connectivity index (χ2v) is 6.57. The van der Waals surface area contributed by atoms with E-state index < -0.39 is 11.6 Å². The predicted molar refractivity (Wildman–Crippen MR) is 90.3 cm³/mol. The Kier molecular flexibility index (Phi) is 5.18. The van der Waals surface area contributed by atoms with Gasteiger partial charge < -0.3 is 14.2 Å². The average molecular weight is 348 g/mol. The summed E-state index contributed by atoms with van der Waals surface area (Å²) in [6, 6.07) is 6.02. The minimum absolute atomic E-state index is 0.212. The molecule has 25 heavy (non-hydrogen) atoms. The van der Waals surface area contributed by atoms with Crippen LogP contribution in [0.1, 0.15) is 28.0 Å². The molecule has 0 unspecified atom stereocenters. The highest BCUT2D eigenvalue weighted by Gasteiger charge is 2.27. The number of methoxy groups -OCH3 is 1. The molecule has 0 N–H and O–H groups in total. The van der Waals surface area contributed by atoms with Gasteiger partial charge in [0, 0.05) is 44.3 Å². The van der Waals surface area contributed by atoms with E-state index in [-0.39, 0.29) is 17.4 Å². The lowest BCUT2D eigenvalue weighted by Crippen LogP contribution is -2.34. The summed E-state index contributed by atoms with van der Waals surface area (Å²) in [5, 5.41) is 0. The number of hydrogen-bond acceptors (Lipinski definition) is 2. The molecule has 0 saturated heterocycles. The molecule has 4 nitrogen and oxygen atoms in total. The molecule has 1 aromatic carbocycles. The largest absolute Gasteiger partial charge is 0.385 e. The molecule has 1 aliphatic heterocycles. The van der Waals surface area contributed by atoms with Gasteiger partial charge in [-0.05, 0) is 49.1 Å². The summed E-state index contributed by atoms with van der Waals surface area (Å²) in [5.74, 6) is -1.96. The number of amides is 1. The van der Waals surface area contributed by atoms with Crippen molar-refractivity contribution in [1.29, 1.82) is 0 Å². The van der Waals surface area contributed by atoms with E-state index >= 15 is 0 Å². The van der Waals surface area contributed by atoms with Crippen molar-refractivity contribution < 1.29 is 18.3 Å². The number of ether oxygens (including phenoxy) is 1. The van der Waals surface area contributed by atoms with Crippen LogP contribution in [-0.2, 0) is 17.8 Å². The normalized spacial score (nSPS) is 17.3. The Balaban J connectivity index is 1.89. The molecule has 0 bridgehead atoms. The van der Waals surface area contributed by atoms with Gasteiger partial charge in [0.15, 0.2) is 11.6 Å². The van der Waals surface area contributed by atoms with Crippen LogP contribution in [0.4, 0.5) is 8.78 Å². The summed E-state index contributed by atoms with van der Waals surface area (Å²) >= 11 is 0. The maximum Gasteiger partial charge on any atom is 0.254 e. The first-order valence-corrected chi connectivity index (χ1v) is 8.37. The number of aryl methyl sites for hydroxylation is 1. The third kappa shape index (κ3) is 3.74. The van der Waals surface area contributed by atoms with E-state index in [0.29, 0.717) is 25.3 Å². The lowest BCUT2D eigenvalue weighted by molar-refractivity contribution is 0.0704. The molecule has 2 aromatic rings. The Bertz CT molecular complexity index is 773. The molecule has 3 rings (SSSR count). The maximum absolute atomic E-state index is 13.6. The Hall–Kier alpha value is -2.21. The number of fused-ring (bicyclic) bond motifs is 1. The highest BCUT2D eigenvalue weighted by Crippen LogP contribution is 2.23. The fraction of sp³-hybridized carbons (Fsp3) is 0.421. The molecule has 2 heterocycles. The van der Waals surface area contributed by atoms with E-state index in [0.717, 1.165) is 30.8 Å². The standard InChI is InChI=1S/C19H22F2N2O2/c1-13-8-17(20)18(21)9-16(13)19(24)23-11-14(5-7-25-2)10-22-6-3-4-15(22)12-23/h3-4,6,8-9,14H,5,7,10-12H2,1-2H3/t14-/m1/s1. The van der Waals surface area contributed by atoms with E-state index in [1.165, 1.54) is 0 Å². The van der Waals surface area contributed by atoms with Crippen molar-refractivity contribution >= 4 is 5.91 Å². The number of carbonyl (C=O) groups excluding carboxylic acids is 1. The molecule has 0 spiro atoms. The summed E-state index contributed by atoms with van der Waals surface area (Å²) < 4.78 is 34.3. The minimum atomic E-state index is -0.997. The lowest BCUT2D eigenvalue weighted by atomic mass is 10.0. The number of rotatable bonds is 4. The topological polar surface area (TPSA) is 34.5 Å². The molecule has 1 aliphatic rings. The predicted octanol–water partition coefficient (Wildman–Crippen LogP) is 3.38. The third-order valence-corrected chi connectivity index (χ3v) is 4.73. The first-order valence-electron chi connectivity index (χ1n) is 8.37. The zero-order valence-corrected chi connectivity index (χ0v) is 14.5. The van der Waals surface area contributed by atoms with Crippen LogP contribution in [0.5, 0.6) is 0 Å². The van der Waals surface area contributed by atoms with Gasteiger partial charge >= 0.3 is 0 Å². The first-order chi connectivity index (χ1) is 12.0. The highest BCUT2D eigenvalue weighted by atomic mass is 19.2. The first kappa shape index (κ1) is 17.6. The van der Waals surface area contributed by atoms with E-state index in [9.17, 15) is 13.6 Å². The van der Waals surface area contributed by atoms with Crippen LogP contribution in [0, 0.1) is 24.5 Å². The molecule has 0 fully saturated rings. The fourth-order valence-electron chi connectivity index (χ4n) is 3.35. The van der Waals surface area contributed by atoms with Crippen molar-refractivity contribution in [3.8, 4) is 0 Å². The zero-order chi connectivity index (χ0) is 18.0. The van der Waals surface area contributed by atoms with Crippen LogP contribution >= 0.6 is 0 Å². The molecule has 0 saturated carbocycles. The molecular weight excluding hydrogens is 326 g/mol. The van der Waals surface area contributed by atoms with Crippen LogP contribution < -0.4 is 0 Å². The summed E-state index contributed by atoms with van der Waals surface area (Å²) in [5.41, 5.74) is 1.69. The maximum atomic E-state index is 13.6. The summed E-state index contributed by atoms with van der Waals surface area (Å²) in [4.78, 5) is 14.7. The number of carbonyl (C=O) groups is 1. The fourth-order valence-corrected chi connectivity index (χ4v) is 3.35. The summed E-state index contributed by atoms with van der Waals surface area (Å²) in [6.45, 7) is 4.06. The van der Waals surface area contributed by atoms with Gasteiger partial charge in [0.05, 0.1) is 6.54 Å². The lowest BCUT2D eigenvalue weighted by Gasteiger charge is -2.25. The minimum Gasteiger partial charge on any atom is -0.385 e. The van der Waals surface area contributed by atoms with Crippen molar-refractivity contribution in [3.05, 3.63) is 58.9 Å². The number of nitrogens with zero attached hydrogens (tertiary/aromatic N) is 2. The summed E-state index contributed by atoms with van der Waals surface area (Å²) in [7, 11) is 1.66. The molecule has 0 aliphatic carbocycles. The molecular formula is C19H22F2N2O2. The van der Waals surface area contributed by atoms with Gasteiger partial charge in [-0.25, -0.2) is 8.78 Å². The second kappa shape index (κ2) is 7.35. The number of benzene rings is 1. The van der Waals surface area contributed by atoms with Crippen molar-refractivity contribution in [1.82, 2.24) is 9.47 Å². The molecule has 134 valence electrons. The molecule has 1 atom stereocenters. The Morgan fingerprint density at radius 2 is 2.04 bits per heavy atom. The van der Waals surface area contributed by atoms with Gasteiger partial charge in [0.2, 0.25) is 0 Å². The average Bonchev–Trinajstić information content (AvgIpc) is 2.93. The van der Waals surface area contributed by atoms with Gasteiger partial charge in [-0.3, -0.25) is 4.79 Å². The van der Waals surface area contributed by atoms with E-state index in [1.54, 1.807) is 18.9 Å². The Labute approximate surface area is 146 Å². The van der Waals surface area contributed by atoms with Gasteiger partial charge in [-0.2, -0.15) is 0 Å². The Morgan fingerprint density at radius 1 is 1.28 bits per heavy atom. The van der Waals surface area contributed by atoms with Crippen LogP contribution in [-0.4, -0.2) is 35.6 Å². The number of hydrogen-bond donors (Lipinski definition) is 0. The van der Waals surface area contributed by atoms with Gasteiger partial charge in [-0.15, -0.1) is 0 Å². The third-order valence-electron chi connectivity index (χ3n) is 4.73. The van der Waals surface area contributed by atoms with Gasteiger partial charge in [-0.1, -0.05) is 0 Å². The summed E-state index contributed by atoms with van der Waals surface area (Å²) in [6.07, 6.45) is 2.83. The van der Waals surface area contributed by atoms with Crippen LogP contribution in [0.15, 0.2) is 30.5 Å².